The van der Waals surface area contributed by atoms with Crippen LogP contribution in [0.15, 0.2) is 247 Å². The number of aromatic nitrogens is 1. The molecule has 10 aromatic carbocycles. The maximum atomic E-state index is 6.49. The normalized spacial score (nSPS) is 11.5. The lowest BCUT2D eigenvalue weighted by Gasteiger charge is -2.26. The molecule has 0 aliphatic heterocycles. The molecular weight excluding hydrogens is 765 g/mol. The molecular formula is C60H40N2O. The van der Waals surface area contributed by atoms with Crippen LogP contribution in [0.25, 0.3) is 93.9 Å². The van der Waals surface area contributed by atoms with E-state index in [-0.39, 0.29) is 0 Å². The van der Waals surface area contributed by atoms with E-state index in [0.29, 0.717) is 0 Å². The van der Waals surface area contributed by atoms with Gasteiger partial charge in [-0.05, 0) is 94.0 Å². The van der Waals surface area contributed by atoms with Crippen molar-refractivity contribution in [1.82, 2.24) is 4.57 Å². The number of hydrogen-bond donors (Lipinski definition) is 0. The van der Waals surface area contributed by atoms with Gasteiger partial charge in [-0.15, -0.1) is 0 Å². The minimum atomic E-state index is 0.903. The van der Waals surface area contributed by atoms with Crippen molar-refractivity contribution in [2.45, 2.75) is 0 Å². The van der Waals surface area contributed by atoms with Gasteiger partial charge in [-0.1, -0.05) is 182 Å². The molecule has 0 N–H and O–H groups in total. The van der Waals surface area contributed by atoms with E-state index in [1.807, 2.05) is 12.1 Å². The van der Waals surface area contributed by atoms with Crippen molar-refractivity contribution >= 4 is 60.8 Å². The number of hydrogen-bond acceptors (Lipinski definition) is 2. The first-order valence-electron chi connectivity index (χ1n) is 21.5. The van der Waals surface area contributed by atoms with Gasteiger partial charge in [0.2, 0.25) is 0 Å². The minimum Gasteiger partial charge on any atom is -0.455 e. The zero-order valence-electron chi connectivity index (χ0n) is 34.4. The largest absolute Gasteiger partial charge is 0.455 e. The van der Waals surface area contributed by atoms with Gasteiger partial charge >= 0.3 is 0 Å². The molecule has 0 radical (unpaired) electrons. The summed E-state index contributed by atoms with van der Waals surface area (Å²) in [6.07, 6.45) is 0. The van der Waals surface area contributed by atoms with Crippen LogP contribution in [0.2, 0.25) is 0 Å². The summed E-state index contributed by atoms with van der Waals surface area (Å²) in [7, 11) is 0. The standard InChI is InChI=1S/C60H40N2O/c1-3-16-41(17-4-1)44-34-39-49(58(40-44)62-56-27-12-9-22-51(56)52-23-10-13-28-57(52)62)43-32-37-47(38-33-43)61(45-18-5-2-6-19-45)46-35-30-42(31-36-46)48-20-7-8-21-50(48)54-25-15-26-55-53-24-11-14-29-59(53)63-60(54)55/h1-40H. The summed E-state index contributed by atoms with van der Waals surface area (Å²) in [6.45, 7) is 0. The molecule has 63 heavy (non-hydrogen) atoms. The molecule has 0 saturated heterocycles. The molecule has 0 fully saturated rings. The van der Waals surface area contributed by atoms with Gasteiger partial charge in [-0.25, -0.2) is 0 Å². The second kappa shape index (κ2) is 15.3. The van der Waals surface area contributed by atoms with Gasteiger partial charge in [-0.3, -0.25) is 0 Å². The summed E-state index contributed by atoms with van der Waals surface area (Å²) in [5.74, 6) is 0. The first-order valence-corrected chi connectivity index (χ1v) is 21.5. The SMILES string of the molecule is c1ccc(-c2ccc(-c3ccc(N(c4ccccc4)c4ccc(-c5ccccc5-c5cccc6c5oc5ccccc56)cc4)cc3)c(-n3c4ccccc4c4ccccc43)c2)cc1. The van der Waals surface area contributed by atoms with Crippen molar-refractivity contribution in [3.63, 3.8) is 0 Å². The Labute approximate surface area is 366 Å². The first kappa shape index (κ1) is 36.5. The van der Waals surface area contributed by atoms with Gasteiger partial charge < -0.3 is 13.9 Å². The number of furan rings is 1. The van der Waals surface area contributed by atoms with Crippen molar-refractivity contribution in [3.8, 4) is 50.2 Å². The van der Waals surface area contributed by atoms with Gasteiger partial charge in [-0.2, -0.15) is 0 Å². The third-order valence-corrected chi connectivity index (χ3v) is 12.4. The van der Waals surface area contributed by atoms with Crippen molar-refractivity contribution in [2.24, 2.45) is 0 Å². The third-order valence-electron chi connectivity index (χ3n) is 12.4. The summed E-state index contributed by atoms with van der Waals surface area (Å²) in [4.78, 5) is 2.33. The second-order valence-corrected chi connectivity index (χ2v) is 16.1. The van der Waals surface area contributed by atoms with Crippen LogP contribution in [0.4, 0.5) is 17.1 Å². The minimum absolute atomic E-state index is 0.903. The van der Waals surface area contributed by atoms with Crippen LogP contribution < -0.4 is 4.90 Å². The molecule has 2 aromatic heterocycles. The molecule has 0 aliphatic carbocycles. The van der Waals surface area contributed by atoms with Crippen LogP contribution in [0, 0.1) is 0 Å². The highest BCUT2D eigenvalue weighted by atomic mass is 16.3. The Bertz CT molecular complexity index is 3550. The van der Waals surface area contributed by atoms with E-state index in [4.69, 9.17) is 4.42 Å². The summed E-state index contributed by atoms with van der Waals surface area (Å²) in [6, 6.07) is 87.0. The van der Waals surface area contributed by atoms with Gasteiger partial charge in [0, 0.05) is 49.7 Å². The number of anilines is 3. The van der Waals surface area contributed by atoms with E-state index in [2.05, 4.69) is 240 Å². The Balaban J connectivity index is 0.945. The fourth-order valence-corrected chi connectivity index (χ4v) is 9.49. The van der Waals surface area contributed by atoms with E-state index in [1.165, 1.54) is 38.5 Å². The lowest BCUT2D eigenvalue weighted by molar-refractivity contribution is 0.670. The van der Waals surface area contributed by atoms with Gasteiger partial charge in [0.05, 0.1) is 16.7 Å². The zero-order valence-corrected chi connectivity index (χ0v) is 34.4. The van der Waals surface area contributed by atoms with E-state index < -0.39 is 0 Å². The maximum absolute atomic E-state index is 6.49. The zero-order chi connectivity index (χ0) is 41.7. The molecule has 3 heteroatoms. The topological polar surface area (TPSA) is 21.3 Å². The van der Waals surface area contributed by atoms with Crippen molar-refractivity contribution < 1.29 is 4.42 Å². The monoisotopic (exact) mass is 804 g/mol. The predicted octanol–water partition coefficient (Wildman–Crippen LogP) is 16.8. The van der Waals surface area contributed by atoms with Crippen molar-refractivity contribution in [2.75, 3.05) is 4.90 Å². The summed E-state index contributed by atoms with van der Waals surface area (Å²) in [5, 5.41) is 4.76. The molecule has 0 spiro atoms. The number of fused-ring (bicyclic) bond motifs is 6. The lowest BCUT2D eigenvalue weighted by atomic mass is 9.93. The van der Waals surface area contributed by atoms with E-state index >= 15 is 0 Å². The smallest absolute Gasteiger partial charge is 0.143 e. The van der Waals surface area contributed by atoms with Gasteiger partial charge in [0.1, 0.15) is 11.2 Å². The molecule has 0 bridgehead atoms. The Morgan fingerprint density at radius 3 is 1.48 bits per heavy atom. The van der Waals surface area contributed by atoms with E-state index in [9.17, 15) is 0 Å². The highest BCUT2D eigenvalue weighted by molar-refractivity contribution is 6.11. The molecule has 12 rings (SSSR count). The number of para-hydroxylation sites is 5. The molecule has 12 aromatic rings. The van der Waals surface area contributed by atoms with Crippen LogP contribution >= 0.6 is 0 Å². The molecule has 0 unspecified atom stereocenters. The Kier molecular flexibility index (Phi) is 8.83. The average molecular weight is 805 g/mol. The number of nitrogens with zero attached hydrogens (tertiary/aromatic N) is 2. The summed E-state index contributed by atoms with van der Waals surface area (Å²) >= 11 is 0. The summed E-state index contributed by atoms with van der Waals surface area (Å²) in [5.41, 5.74) is 17.8. The van der Waals surface area contributed by atoms with E-state index in [1.54, 1.807) is 0 Å². The molecule has 0 amide bonds. The fraction of sp³-hybridized carbons (Fsp3) is 0. The highest BCUT2D eigenvalue weighted by Crippen LogP contribution is 2.43. The quantitative estimate of drug-likeness (QED) is 0.153. The molecule has 0 saturated carbocycles. The Morgan fingerprint density at radius 2 is 0.794 bits per heavy atom. The molecule has 0 atom stereocenters. The Hall–Kier alpha value is -8.40. The van der Waals surface area contributed by atoms with Crippen molar-refractivity contribution in [3.05, 3.63) is 243 Å². The summed E-state index contributed by atoms with van der Waals surface area (Å²) < 4.78 is 8.93. The van der Waals surface area contributed by atoms with Crippen LogP contribution in [-0.4, -0.2) is 4.57 Å². The van der Waals surface area contributed by atoms with Gasteiger partial charge in [0.25, 0.3) is 0 Å². The molecule has 296 valence electrons. The number of benzene rings is 10. The van der Waals surface area contributed by atoms with Crippen LogP contribution in [0.1, 0.15) is 0 Å². The van der Waals surface area contributed by atoms with Crippen LogP contribution in [0.3, 0.4) is 0 Å². The molecule has 2 heterocycles. The third kappa shape index (κ3) is 6.29. The Morgan fingerprint density at radius 1 is 0.302 bits per heavy atom. The van der Waals surface area contributed by atoms with Crippen LogP contribution in [0.5, 0.6) is 0 Å². The lowest BCUT2D eigenvalue weighted by Crippen LogP contribution is -2.09. The van der Waals surface area contributed by atoms with Gasteiger partial charge in [0.15, 0.2) is 0 Å². The molecule has 0 aliphatic rings. The maximum Gasteiger partial charge on any atom is 0.143 e. The second-order valence-electron chi connectivity index (χ2n) is 16.1. The molecule has 3 nitrogen and oxygen atoms in total. The first-order chi connectivity index (χ1) is 31.3. The predicted molar refractivity (Wildman–Crippen MR) is 264 cm³/mol. The van der Waals surface area contributed by atoms with E-state index in [0.717, 1.165) is 72.5 Å². The van der Waals surface area contributed by atoms with Crippen molar-refractivity contribution in [1.29, 1.82) is 0 Å². The van der Waals surface area contributed by atoms with Crippen LogP contribution in [-0.2, 0) is 0 Å². The average Bonchev–Trinajstić information content (AvgIpc) is 3.91. The number of rotatable bonds is 8. The fourth-order valence-electron chi connectivity index (χ4n) is 9.49. The highest BCUT2D eigenvalue weighted by Gasteiger charge is 2.19.